The van der Waals surface area contributed by atoms with Crippen LogP contribution in [0.15, 0.2) is 78.9 Å². The molecule has 0 atom stereocenters. The van der Waals surface area contributed by atoms with Gasteiger partial charge in [-0.3, -0.25) is 24.1 Å². The molecule has 0 saturated carbocycles. The molecule has 0 bridgehead atoms. The lowest BCUT2D eigenvalue weighted by Gasteiger charge is -2.14. The molecule has 7 nitrogen and oxygen atoms in total. The van der Waals surface area contributed by atoms with E-state index < -0.39 is 0 Å². The molecule has 3 aromatic rings. The highest BCUT2D eigenvalue weighted by molar-refractivity contribution is 6.21. The van der Waals surface area contributed by atoms with Crippen molar-refractivity contribution in [2.24, 2.45) is 0 Å². The number of benzene rings is 3. The minimum atomic E-state index is -0.313. The molecule has 166 valence electrons. The number of carbonyl (C=O) groups is 4. The van der Waals surface area contributed by atoms with E-state index in [1.807, 2.05) is 30.3 Å². The van der Waals surface area contributed by atoms with E-state index in [1.54, 1.807) is 48.5 Å². The molecule has 4 amide bonds. The van der Waals surface area contributed by atoms with Gasteiger partial charge in [0, 0.05) is 18.7 Å². The molecule has 7 heteroatoms. The van der Waals surface area contributed by atoms with Crippen LogP contribution in [0.3, 0.4) is 0 Å². The Kier molecular flexibility index (Phi) is 6.59. The fourth-order valence-corrected chi connectivity index (χ4v) is 3.65. The Labute approximate surface area is 191 Å². The lowest BCUT2D eigenvalue weighted by Crippen LogP contribution is -2.35. The van der Waals surface area contributed by atoms with Crippen molar-refractivity contribution in [3.63, 3.8) is 0 Å². The number of fused-ring (bicyclic) bond motifs is 1. The summed E-state index contributed by atoms with van der Waals surface area (Å²) in [5, 5.41) is 5.54. The van der Waals surface area contributed by atoms with Crippen molar-refractivity contribution < 1.29 is 19.2 Å². The molecular weight excluding hydrogens is 418 g/mol. The Morgan fingerprint density at radius 3 is 1.88 bits per heavy atom. The van der Waals surface area contributed by atoms with Crippen LogP contribution in [-0.2, 0) is 17.8 Å². The van der Waals surface area contributed by atoms with Crippen molar-refractivity contribution in [2.45, 2.75) is 13.0 Å². The molecule has 0 saturated heterocycles. The highest BCUT2D eigenvalue weighted by atomic mass is 16.2. The van der Waals surface area contributed by atoms with Crippen molar-refractivity contribution in [3.8, 4) is 0 Å². The summed E-state index contributed by atoms with van der Waals surface area (Å²) < 4.78 is 0. The molecule has 0 fully saturated rings. The van der Waals surface area contributed by atoms with Crippen LogP contribution in [0.4, 0.5) is 0 Å². The zero-order chi connectivity index (χ0) is 23.2. The highest BCUT2D eigenvalue weighted by Gasteiger charge is 2.34. The molecule has 4 rings (SSSR count). The molecule has 0 unspecified atom stereocenters. The monoisotopic (exact) mass is 441 g/mol. The van der Waals surface area contributed by atoms with Gasteiger partial charge in [0.1, 0.15) is 0 Å². The maximum atomic E-state index is 12.5. The maximum Gasteiger partial charge on any atom is 0.261 e. The topological polar surface area (TPSA) is 95.6 Å². The average Bonchev–Trinajstić information content (AvgIpc) is 3.08. The number of amides is 4. The highest BCUT2D eigenvalue weighted by Crippen LogP contribution is 2.24. The van der Waals surface area contributed by atoms with E-state index in [4.69, 9.17) is 0 Å². The summed E-state index contributed by atoms with van der Waals surface area (Å²) in [4.78, 5) is 50.5. The van der Waals surface area contributed by atoms with E-state index in [1.165, 1.54) is 4.90 Å². The third-order valence-electron chi connectivity index (χ3n) is 5.38. The maximum absolute atomic E-state index is 12.5. The van der Waals surface area contributed by atoms with Gasteiger partial charge in [0.25, 0.3) is 17.7 Å². The predicted molar refractivity (Wildman–Crippen MR) is 123 cm³/mol. The van der Waals surface area contributed by atoms with Crippen LogP contribution < -0.4 is 10.6 Å². The average molecular weight is 441 g/mol. The second-order valence-corrected chi connectivity index (χ2v) is 7.71. The van der Waals surface area contributed by atoms with E-state index in [0.717, 1.165) is 11.1 Å². The molecule has 0 spiro atoms. The summed E-state index contributed by atoms with van der Waals surface area (Å²) in [6, 6.07) is 22.9. The van der Waals surface area contributed by atoms with E-state index in [9.17, 15) is 19.2 Å². The lowest BCUT2D eigenvalue weighted by atomic mass is 10.1. The summed E-state index contributed by atoms with van der Waals surface area (Å²) in [7, 11) is 0. The van der Waals surface area contributed by atoms with Crippen molar-refractivity contribution in [2.75, 3.05) is 13.1 Å². The van der Waals surface area contributed by atoms with Gasteiger partial charge in [-0.15, -0.1) is 0 Å². The molecule has 33 heavy (non-hydrogen) atoms. The summed E-state index contributed by atoms with van der Waals surface area (Å²) in [5.74, 6) is -0.994. The summed E-state index contributed by atoms with van der Waals surface area (Å²) in [5.41, 5.74) is 2.95. The number of imide groups is 1. The number of carbonyl (C=O) groups excluding carboxylic acids is 4. The lowest BCUT2D eigenvalue weighted by molar-refractivity contribution is -0.120. The number of hydrogen-bond donors (Lipinski definition) is 2. The number of nitrogens with zero attached hydrogens (tertiary/aromatic N) is 1. The van der Waals surface area contributed by atoms with Crippen LogP contribution in [0, 0.1) is 0 Å². The fraction of sp³-hybridized carbons (Fsp3) is 0.154. The number of hydrogen-bond acceptors (Lipinski definition) is 4. The SMILES string of the molecule is O=C(Cc1ccccc1)NCCNC(=O)c1ccc(CN2C(=O)c3ccccc3C2=O)cc1. The van der Waals surface area contributed by atoms with Gasteiger partial charge in [0.15, 0.2) is 0 Å². The number of nitrogens with one attached hydrogen (secondary N) is 2. The molecule has 1 aliphatic heterocycles. The molecule has 0 aromatic heterocycles. The molecular formula is C26H23N3O4. The summed E-state index contributed by atoms with van der Waals surface area (Å²) in [6.45, 7) is 0.771. The molecule has 1 heterocycles. The van der Waals surface area contributed by atoms with Crippen molar-refractivity contribution in [3.05, 3.63) is 107 Å². The van der Waals surface area contributed by atoms with E-state index in [2.05, 4.69) is 10.6 Å². The number of rotatable bonds is 8. The quantitative estimate of drug-likeness (QED) is 0.415. The van der Waals surface area contributed by atoms with Crippen LogP contribution in [-0.4, -0.2) is 41.6 Å². The first-order chi connectivity index (χ1) is 16.0. The van der Waals surface area contributed by atoms with Crippen molar-refractivity contribution >= 4 is 23.6 Å². The van der Waals surface area contributed by atoms with Gasteiger partial charge in [-0.05, 0) is 35.4 Å². The zero-order valence-corrected chi connectivity index (χ0v) is 17.9. The molecule has 2 N–H and O–H groups in total. The van der Waals surface area contributed by atoms with E-state index >= 15 is 0 Å². The molecule has 0 radical (unpaired) electrons. The predicted octanol–water partition coefficient (Wildman–Crippen LogP) is 2.57. The van der Waals surface area contributed by atoms with Gasteiger partial charge in [0.05, 0.1) is 24.1 Å². The van der Waals surface area contributed by atoms with Crippen molar-refractivity contribution in [1.82, 2.24) is 15.5 Å². The van der Waals surface area contributed by atoms with Gasteiger partial charge in [0.2, 0.25) is 5.91 Å². The van der Waals surface area contributed by atoms with Gasteiger partial charge in [-0.1, -0.05) is 54.6 Å². The largest absolute Gasteiger partial charge is 0.354 e. The summed E-state index contributed by atoms with van der Waals surface area (Å²) in [6.07, 6.45) is 0.295. The second-order valence-electron chi connectivity index (χ2n) is 7.71. The summed E-state index contributed by atoms with van der Waals surface area (Å²) >= 11 is 0. The van der Waals surface area contributed by atoms with Gasteiger partial charge in [-0.25, -0.2) is 0 Å². The van der Waals surface area contributed by atoms with Gasteiger partial charge in [-0.2, -0.15) is 0 Å². The first kappa shape index (κ1) is 22.0. The standard InChI is InChI=1S/C26H23N3O4/c30-23(16-18-6-2-1-3-7-18)27-14-15-28-24(31)20-12-10-19(11-13-20)17-29-25(32)21-8-4-5-9-22(21)26(29)33/h1-13H,14-17H2,(H,27,30)(H,28,31). The normalized spacial score (nSPS) is 12.4. The Morgan fingerprint density at radius 1 is 0.667 bits per heavy atom. The third kappa shape index (κ3) is 5.15. The van der Waals surface area contributed by atoms with Gasteiger partial charge < -0.3 is 10.6 Å². The minimum absolute atomic E-state index is 0.104. The Balaban J connectivity index is 1.24. The van der Waals surface area contributed by atoms with Gasteiger partial charge >= 0.3 is 0 Å². The smallest absolute Gasteiger partial charge is 0.261 e. The van der Waals surface area contributed by atoms with E-state index in [-0.39, 0.29) is 30.2 Å². The van der Waals surface area contributed by atoms with Crippen LogP contribution in [0.25, 0.3) is 0 Å². The zero-order valence-electron chi connectivity index (χ0n) is 17.9. The van der Waals surface area contributed by atoms with Crippen LogP contribution in [0.1, 0.15) is 42.2 Å². The first-order valence-corrected chi connectivity index (χ1v) is 10.7. The van der Waals surface area contributed by atoms with Crippen LogP contribution in [0.5, 0.6) is 0 Å². The molecule has 0 aliphatic carbocycles. The first-order valence-electron chi connectivity index (χ1n) is 10.7. The van der Waals surface area contributed by atoms with Crippen LogP contribution >= 0.6 is 0 Å². The second kappa shape index (κ2) is 9.91. The molecule has 3 aromatic carbocycles. The van der Waals surface area contributed by atoms with Crippen LogP contribution in [0.2, 0.25) is 0 Å². The Hall–Kier alpha value is -4.26. The molecule has 1 aliphatic rings. The Morgan fingerprint density at radius 2 is 1.24 bits per heavy atom. The fourth-order valence-electron chi connectivity index (χ4n) is 3.65. The minimum Gasteiger partial charge on any atom is -0.354 e. The Bertz CT molecular complexity index is 1150. The third-order valence-corrected chi connectivity index (χ3v) is 5.38. The van der Waals surface area contributed by atoms with E-state index in [0.29, 0.717) is 36.2 Å². The van der Waals surface area contributed by atoms with Crippen molar-refractivity contribution in [1.29, 1.82) is 0 Å².